The number of aliphatic hydroxyl groups excluding tert-OH is 3. The Morgan fingerprint density at radius 2 is 1.82 bits per heavy atom. The summed E-state index contributed by atoms with van der Waals surface area (Å²) < 4.78 is 11.4. The molecule has 0 aromatic heterocycles. The predicted octanol–water partition coefficient (Wildman–Crippen LogP) is -6.43. The van der Waals surface area contributed by atoms with Gasteiger partial charge in [0.15, 0.2) is 6.29 Å². The smallest absolute Gasteiger partial charge is 0.872 e. The molecule has 34 heavy (non-hydrogen) atoms. The first-order valence-electron chi connectivity index (χ1n) is 11.6. The number of hydrogen-bond acceptors (Lipinski definition) is 8. The van der Waals surface area contributed by atoms with Crippen molar-refractivity contribution in [3.8, 4) is 5.75 Å². The zero-order valence-corrected chi connectivity index (χ0v) is 24.1. The van der Waals surface area contributed by atoms with Gasteiger partial charge in [-0.05, 0) is 72.8 Å². The van der Waals surface area contributed by atoms with E-state index in [0.29, 0.717) is 17.8 Å². The van der Waals surface area contributed by atoms with Crippen LogP contribution in [0.4, 0.5) is 0 Å². The number of carbonyl (C=O) groups is 1. The third kappa shape index (κ3) is 4.78. The zero-order chi connectivity index (χ0) is 22.8. The number of aryl methyl sites for hydroxylation is 1. The van der Waals surface area contributed by atoms with Gasteiger partial charge in [-0.25, -0.2) is 0 Å². The van der Waals surface area contributed by atoms with Gasteiger partial charge in [0.2, 0.25) is 0 Å². The summed E-state index contributed by atoms with van der Waals surface area (Å²) in [4.78, 5) is 11.3. The Bertz CT molecular complexity index is 900. The molecule has 0 unspecified atom stereocenters. The van der Waals surface area contributed by atoms with Crippen LogP contribution in [-0.2, 0) is 20.7 Å². The monoisotopic (exact) mass is 496 g/mol. The first-order valence-corrected chi connectivity index (χ1v) is 11.6. The van der Waals surface area contributed by atoms with E-state index in [4.69, 9.17) is 9.47 Å². The minimum absolute atomic E-state index is 0. The number of aliphatic carboxylic acids is 1. The van der Waals surface area contributed by atoms with E-state index in [0.717, 1.165) is 38.5 Å². The molecule has 2 saturated carbocycles. The number of benzene rings is 1. The summed E-state index contributed by atoms with van der Waals surface area (Å²) in [5, 5.41) is 53.4. The van der Waals surface area contributed by atoms with E-state index in [9.17, 15) is 30.3 Å². The second kappa shape index (κ2) is 11.0. The zero-order valence-electron chi connectivity index (χ0n) is 20.1. The van der Waals surface area contributed by atoms with Crippen LogP contribution in [0.5, 0.6) is 5.75 Å². The maximum absolute atomic E-state index is 11.8. The molecule has 176 valence electrons. The average Bonchev–Trinajstić information content (AvgIpc) is 3.09. The van der Waals surface area contributed by atoms with Crippen molar-refractivity contribution in [3.05, 3.63) is 29.3 Å². The van der Waals surface area contributed by atoms with Gasteiger partial charge >= 0.3 is 59.1 Å². The Balaban J connectivity index is 0.00000162. The summed E-state index contributed by atoms with van der Waals surface area (Å²) in [6.45, 7) is 2.19. The summed E-state index contributed by atoms with van der Waals surface area (Å²) >= 11 is 0. The minimum atomic E-state index is -1.78. The van der Waals surface area contributed by atoms with Crippen LogP contribution in [-0.4, -0.2) is 58.1 Å². The molecule has 1 aromatic carbocycles. The van der Waals surface area contributed by atoms with Crippen LogP contribution in [0.15, 0.2) is 18.2 Å². The van der Waals surface area contributed by atoms with Crippen LogP contribution in [0.1, 0.15) is 56.1 Å². The molecule has 4 aliphatic rings. The standard InChI is InChI=1S/C24H32O8.2Na/c1-24-9-8-14-13-5-3-12(25)10-11(13)2-4-15(14)16(24)6-7-17(24)31-23-20(28)18(26)19(27)21(32-23)22(29)30;;/h3,5,10,14-21,23,25-28H,2,4,6-9H2,1H3,(H,29,30);;/q;2*+1/p-2/t14-,15-,16+,17-,18+,19+,20-,21+,23-,24+;;/m1../s1/i3+1,5+1,10+1,12+1;;. The molecule has 0 amide bonds. The van der Waals surface area contributed by atoms with Crippen LogP contribution in [0.25, 0.3) is 0 Å². The predicted molar refractivity (Wildman–Crippen MR) is 107 cm³/mol. The Labute approximate surface area is 243 Å². The Hall–Kier alpha value is 0.290. The van der Waals surface area contributed by atoms with Crippen LogP contribution in [0.2, 0.25) is 0 Å². The molecule has 1 aliphatic heterocycles. The molecule has 1 saturated heterocycles. The van der Waals surface area contributed by atoms with Crippen molar-refractivity contribution in [1.82, 2.24) is 0 Å². The van der Waals surface area contributed by atoms with Crippen molar-refractivity contribution in [3.63, 3.8) is 0 Å². The van der Waals surface area contributed by atoms with Crippen molar-refractivity contribution < 1.29 is 98.9 Å². The van der Waals surface area contributed by atoms with E-state index < -0.39 is 36.7 Å². The van der Waals surface area contributed by atoms with E-state index in [1.807, 2.05) is 6.07 Å². The fourth-order valence-corrected chi connectivity index (χ4v) is 7.05. The third-order valence-electron chi connectivity index (χ3n) is 8.71. The van der Waals surface area contributed by atoms with E-state index in [1.54, 1.807) is 12.1 Å². The van der Waals surface area contributed by atoms with Gasteiger partial charge in [-0.2, -0.15) is 0 Å². The molecule has 0 spiro atoms. The second-order valence-corrected chi connectivity index (χ2v) is 10.2. The summed E-state index contributed by atoms with van der Waals surface area (Å²) in [6, 6.07) is 5.43. The van der Waals surface area contributed by atoms with Gasteiger partial charge < -0.3 is 39.8 Å². The number of carbonyl (C=O) groups excluding carboxylic acids is 1. The van der Waals surface area contributed by atoms with Crippen LogP contribution in [0, 0.1) is 17.3 Å². The first-order chi connectivity index (χ1) is 15.2. The van der Waals surface area contributed by atoms with Crippen molar-refractivity contribution >= 4 is 5.97 Å². The number of rotatable bonds is 3. The summed E-state index contributed by atoms with van der Waals surface area (Å²) in [7, 11) is 0. The van der Waals surface area contributed by atoms with E-state index >= 15 is 0 Å². The summed E-state index contributed by atoms with van der Waals surface area (Å²) in [5.41, 5.74) is 2.30. The number of ether oxygens (including phenoxy) is 2. The fourth-order valence-electron chi connectivity index (χ4n) is 7.05. The SMILES string of the molecule is C[C@]12CC[C@@H]3c4[13cH][13cH][13c]([O-])[13cH]c4CC[C@H]3[C@@H]1CC[C@H]2O[C@@H]1O[C@H](C(=O)[O-])[C@@H](O)[C@H](O)[C@H]1O.[Na+].[Na+]. The van der Waals surface area contributed by atoms with Gasteiger partial charge in [-0.3, -0.25) is 0 Å². The normalized spacial score (nSPS) is 42.9. The van der Waals surface area contributed by atoms with E-state index in [2.05, 4.69) is 6.92 Å². The van der Waals surface area contributed by atoms with Crippen LogP contribution < -0.4 is 69.3 Å². The summed E-state index contributed by atoms with van der Waals surface area (Å²) in [5.74, 6) is -0.292. The summed E-state index contributed by atoms with van der Waals surface area (Å²) in [6.07, 6.45) is -2.91. The molecule has 5 rings (SSSR count). The first kappa shape index (κ1) is 28.9. The number of carboxylic acid groups (broad SMARTS) is 1. The maximum Gasteiger partial charge on any atom is 1.00 e. The molecule has 8 nitrogen and oxygen atoms in total. The number of aliphatic hydroxyl groups is 3. The number of hydrogen-bond donors (Lipinski definition) is 3. The van der Waals surface area contributed by atoms with Gasteiger partial charge in [0.1, 0.15) is 24.4 Å². The molecular weight excluding hydrogens is 466 g/mol. The van der Waals surface area contributed by atoms with Gasteiger partial charge in [0, 0.05) is 0 Å². The van der Waals surface area contributed by atoms with E-state index in [-0.39, 0.29) is 76.4 Å². The third-order valence-corrected chi connectivity index (χ3v) is 8.71. The van der Waals surface area contributed by atoms with Gasteiger partial charge in [0.25, 0.3) is 0 Å². The van der Waals surface area contributed by atoms with E-state index in [1.165, 1.54) is 11.1 Å². The molecule has 0 radical (unpaired) electrons. The quantitative estimate of drug-likeness (QED) is 0.351. The topological polar surface area (TPSA) is 142 Å². The van der Waals surface area contributed by atoms with Crippen molar-refractivity contribution in [2.24, 2.45) is 17.3 Å². The van der Waals surface area contributed by atoms with Crippen LogP contribution >= 0.6 is 0 Å². The fraction of sp³-hybridized carbons (Fsp3) is 0.708. The number of fused-ring (bicyclic) bond motifs is 5. The largest absolute Gasteiger partial charge is 1.00 e. The molecule has 3 N–H and O–H groups in total. The second-order valence-electron chi connectivity index (χ2n) is 10.2. The molecular formula is C24H30Na2O8. The molecule has 3 aliphatic carbocycles. The van der Waals surface area contributed by atoms with Crippen molar-refractivity contribution in [2.75, 3.05) is 0 Å². The molecule has 1 aromatic rings. The molecule has 10 atom stereocenters. The molecule has 1 heterocycles. The van der Waals surface area contributed by atoms with Crippen molar-refractivity contribution in [1.29, 1.82) is 0 Å². The van der Waals surface area contributed by atoms with Crippen LogP contribution in [0.3, 0.4) is 0 Å². The van der Waals surface area contributed by atoms with Gasteiger partial charge in [0.05, 0.1) is 12.1 Å². The molecule has 3 fully saturated rings. The average molecular weight is 496 g/mol. The minimum Gasteiger partial charge on any atom is -0.872 e. The van der Waals surface area contributed by atoms with Gasteiger partial charge in [-0.15, -0.1) is 5.75 Å². The Morgan fingerprint density at radius 3 is 2.53 bits per heavy atom. The Kier molecular flexibility index (Phi) is 9.30. The Morgan fingerprint density at radius 1 is 1.09 bits per heavy atom. The maximum atomic E-state index is 11.8. The molecule has 10 heteroatoms. The number of carboxylic acids is 1. The van der Waals surface area contributed by atoms with Gasteiger partial charge in [-0.1, -0.05) is 25.1 Å². The molecule has 0 bridgehead atoms. The van der Waals surface area contributed by atoms with Crippen molar-refractivity contribution in [2.45, 2.75) is 88.2 Å².